The number of nitrogens with zero attached hydrogens (tertiary/aromatic N) is 1. The third-order valence-corrected chi connectivity index (χ3v) is 7.21. The molecule has 5 atom stereocenters. The summed E-state index contributed by atoms with van der Waals surface area (Å²) in [5, 5.41) is 2.89. The zero-order chi connectivity index (χ0) is 21.5. The fourth-order valence-corrected chi connectivity index (χ4v) is 5.78. The summed E-state index contributed by atoms with van der Waals surface area (Å²) in [6.07, 6.45) is 3.30. The first kappa shape index (κ1) is 19.8. The maximum absolute atomic E-state index is 13.4. The van der Waals surface area contributed by atoms with Crippen LogP contribution in [0.25, 0.3) is 0 Å². The molecule has 0 unspecified atom stereocenters. The molecule has 160 valence electrons. The zero-order valence-electron chi connectivity index (χ0n) is 17.5. The molecule has 1 N–H and O–H groups in total. The molecule has 2 aliphatic carbocycles. The summed E-state index contributed by atoms with van der Waals surface area (Å²) in [6.45, 7) is 0. The van der Waals surface area contributed by atoms with Gasteiger partial charge in [-0.15, -0.1) is 0 Å². The number of anilines is 1. The Bertz CT molecular complexity index is 976. The van der Waals surface area contributed by atoms with E-state index in [1.54, 1.807) is 31.4 Å². The minimum atomic E-state index is -0.866. The molecule has 0 spiro atoms. The van der Waals surface area contributed by atoms with E-state index in [4.69, 9.17) is 4.74 Å². The van der Waals surface area contributed by atoms with Crippen molar-refractivity contribution in [2.45, 2.75) is 31.7 Å². The molecule has 5 rings (SSSR count). The van der Waals surface area contributed by atoms with Gasteiger partial charge in [0.15, 0.2) is 0 Å². The van der Waals surface area contributed by atoms with Gasteiger partial charge in [0.05, 0.1) is 18.9 Å². The minimum Gasteiger partial charge on any atom is -0.497 e. The van der Waals surface area contributed by atoms with Gasteiger partial charge >= 0.3 is 0 Å². The number of nitrogens with one attached hydrogen (secondary N) is 1. The molecule has 0 radical (unpaired) electrons. The Hall–Kier alpha value is -3.15. The van der Waals surface area contributed by atoms with E-state index in [9.17, 15) is 14.4 Å². The van der Waals surface area contributed by atoms with Crippen LogP contribution in [-0.2, 0) is 20.8 Å². The molecule has 2 bridgehead atoms. The summed E-state index contributed by atoms with van der Waals surface area (Å²) >= 11 is 0. The molecule has 2 saturated carbocycles. The number of benzene rings is 2. The number of carbonyl (C=O) groups excluding carboxylic acids is 3. The molecule has 6 heteroatoms. The third kappa shape index (κ3) is 3.40. The molecule has 3 fully saturated rings. The fourth-order valence-electron chi connectivity index (χ4n) is 5.78. The summed E-state index contributed by atoms with van der Waals surface area (Å²) in [7, 11) is 1.58. The van der Waals surface area contributed by atoms with E-state index in [1.807, 2.05) is 30.3 Å². The van der Waals surface area contributed by atoms with Gasteiger partial charge in [0.2, 0.25) is 17.7 Å². The fraction of sp³-hybridized carbons (Fsp3) is 0.400. The lowest BCUT2D eigenvalue weighted by Gasteiger charge is -2.27. The van der Waals surface area contributed by atoms with Crippen molar-refractivity contribution in [2.24, 2.45) is 23.7 Å². The topological polar surface area (TPSA) is 75.7 Å². The molecule has 1 aliphatic heterocycles. The Morgan fingerprint density at radius 1 is 1.00 bits per heavy atom. The summed E-state index contributed by atoms with van der Waals surface area (Å²) in [4.78, 5) is 41.4. The number of hydrogen-bond donors (Lipinski definition) is 1. The lowest BCUT2D eigenvalue weighted by Crippen LogP contribution is -2.49. The highest BCUT2D eigenvalue weighted by Crippen LogP contribution is 2.56. The number of imide groups is 1. The van der Waals surface area contributed by atoms with Crippen LogP contribution in [-0.4, -0.2) is 35.8 Å². The lowest BCUT2D eigenvalue weighted by atomic mass is 9.81. The first-order chi connectivity index (χ1) is 15.1. The maximum Gasteiger partial charge on any atom is 0.248 e. The monoisotopic (exact) mass is 418 g/mol. The molecular weight excluding hydrogens is 392 g/mol. The van der Waals surface area contributed by atoms with Crippen molar-refractivity contribution in [3.05, 3.63) is 60.2 Å². The summed E-state index contributed by atoms with van der Waals surface area (Å²) < 4.78 is 5.17. The van der Waals surface area contributed by atoms with Crippen molar-refractivity contribution in [3.8, 4) is 5.75 Å². The van der Waals surface area contributed by atoms with Crippen LogP contribution in [0.2, 0.25) is 0 Å². The van der Waals surface area contributed by atoms with Crippen LogP contribution in [0.1, 0.15) is 24.8 Å². The van der Waals surface area contributed by atoms with Crippen LogP contribution in [0.15, 0.2) is 54.6 Å². The van der Waals surface area contributed by atoms with Crippen LogP contribution >= 0.6 is 0 Å². The molecule has 31 heavy (non-hydrogen) atoms. The smallest absolute Gasteiger partial charge is 0.248 e. The highest BCUT2D eigenvalue weighted by molar-refractivity contribution is 6.10. The number of hydrogen-bond acceptors (Lipinski definition) is 4. The highest BCUT2D eigenvalue weighted by Gasteiger charge is 2.62. The van der Waals surface area contributed by atoms with Gasteiger partial charge in [-0.05, 0) is 60.9 Å². The van der Waals surface area contributed by atoms with E-state index < -0.39 is 6.04 Å². The quantitative estimate of drug-likeness (QED) is 0.731. The number of amides is 3. The normalized spacial score (nSPS) is 27.3. The SMILES string of the molecule is COc1ccc(NC(=O)[C@H](Cc2ccccc2)N2C(=O)[C@@H]3[C@H]4CC[C@@H](C4)[C@@H]3C2=O)cc1. The third-order valence-electron chi connectivity index (χ3n) is 7.21. The van der Waals surface area contributed by atoms with Crippen molar-refractivity contribution in [1.82, 2.24) is 4.90 Å². The molecule has 6 nitrogen and oxygen atoms in total. The van der Waals surface area contributed by atoms with Crippen LogP contribution < -0.4 is 10.1 Å². The minimum absolute atomic E-state index is 0.159. The van der Waals surface area contributed by atoms with Crippen molar-refractivity contribution in [2.75, 3.05) is 12.4 Å². The van der Waals surface area contributed by atoms with Gasteiger partial charge in [0.25, 0.3) is 0 Å². The van der Waals surface area contributed by atoms with Gasteiger partial charge in [-0.1, -0.05) is 30.3 Å². The number of carbonyl (C=O) groups is 3. The van der Waals surface area contributed by atoms with Crippen LogP contribution in [0.3, 0.4) is 0 Å². The van der Waals surface area contributed by atoms with Gasteiger partial charge in [-0.3, -0.25) is 19.3 Å². The molecule has 3 amide bonds. The summed E-state index contributed by atoms with van der Waals surface area (Å²) in [5.41, 5.74) is 1.52. The zero-order valence-corrected chi connectivity index (χ0v) is 17.5. The van der Waals surface area contributed by atoms with Crippen LogP contribution in [0, 0.1) is 23.7 Å². The van der Waals surface area contributed by atoms with E-state index in [-0.39, 0.29) is 29.6 Å². The molecule has 1 saturated heterocycles. The second-order valence-electron chi connectivity index (χ2n) is 8.85. The summed E-state index contributed by atoms with van der Waals surface area (Å²) in [6, 6.07) is 15.7. The van der Waals surface area contributed by atoms with Crippen LogP contribution in [0.4, 0.5) is 5.69 Å². The number of likely N-dealkylation sites (tertiary alicyclic amines) is 1. The molecule has 1 heterocycles. The summed E-state index contributed by atoms with van der Waals surface area (Å²) in [5.74, 6) is 0.129. The van der Waals surface area contributed by atoms with E-state index in [1.165, 1.54) is 4.90 Å². The van der Waals surface area contributed by atoms with E-state index in [2.05, 4.69) is 5.32 Å². The predicted molar refractivity (Wildman–Crippen MR) is 115 cm³/mol. The molecule has 0 aromatic heterocycles. The number of methoxy groups -OCH3 is 1. The van der Waals surface area contributed by atoms with E-state index in [0.29, 0.717) is 29.7 Å². The largest absolute Gasteiger partial charge is 0.497 e. The second-order valence-corrected chi connectivity index (χ2v) is 8.85. The molecule has 3 aliphatic rings. The van der Waals surface area contributed by atoms with Crippen LogP contribution in [0.5, 0.6) is 5.75 Å². The van der Waals surface area contributed by atoms with Gasteiger partial charge in [-0.2, -0.15) is 0 Å². The molecular formula is C25H26N2O4. The number of rotatable bonds is 6. The Morgan fingerprint density at radius 2 is 1.61 bits per heavy atom. The standard InChI is InChI=1S/C25H26N2O4/c1-31-19-11-9-18(10-12-19)26-23(28)20(13-15-5-3-2-4-6-15)27-24(29)21-16-7-8-17(14-16)22(21)25(27)30/h2-6,9-12,16-17,20-22H,7-8,13-14H2,1H3,(H,26,28)/t16-,17-,20-,21-,22+/m0/s1. The average Bonchev–Trinajstić information content (AvgIpc) is 3.47. The second kappa shape index (κ2) is 7.84. The van der Waals surface area contributed by atoms with Gasteiger partial charge < -0.3 is 10.1 Å². The number of fused-ring (bicyclic) bond motifs is 5. The molecule has 2 aromatic rings. The lowest BCUT2D eigenvalue weighted by molar-refractivity contribution is -0.147. The van der Waals surface area contributed by atoms with Gasteiger partial charge in [0.1, 0.15) is 11.8 Å². The average molecular weight is 418 g/mol. The number of ether oxygens (including phenoxy) is 1. The Morgan fingerprint density at radius 3 is 2.19 bits per heavy atom. The first-order valence-electron chi connectivity index (χ1n) is 10.9. The molecule has 2 aromatic carbocycles. The maximum atomic E-state index is 13.4. The van der Waals surface area contributed by atoms with Crippen molar-refractivity contribution in [1.29, 1.82) is 0 Å². The van der Waals surface area contributed by atoms with Gasteiger partial charge in [0, 0.05) is 12.1 Å². The Kier molecular flexibility index (Phi) is 5.00. The Labute approximate surface area is 181 Å². The van der Waals surface area contributed by atoms with Crippen molar-refractivity contribution < 1.29 is 19.1 Å². The van der Waals surface area contributed by atoms with E-state index >= 15 is 0 Å². The first-order valence-corrected chi connectivity index (χ1v) is 10.9. The Balaban J connectivity index is 1.43. The van der Waals surface area contributed by atoms with E-state index in [0.717, 1.165) is 24.8 Å². The van der Waals surface area contributed by atoms with Crippen molar-refractivity contribution in [3.63, 3.8) is 0 Å². The highest BCUT2D eigenvalue weighted by atomic mass is 16.5. The van der Waals surface area contributed by atoms with Crippen molar-refractivity contribution >= 4 is 23.4 Å². The predicted octanol–water partition coefficient (Wildman–Crippen LogP) is 3.28. The van der Waals surface area contributed by atoms with Gasteiger partial charge in [-0.25, -0.2) is 0 Å².